The molecule has 0 saturated carbocycles. The fraction of sp³-hybridized carbons (Fsp3) is 0.421. The number of amides is 1. The monoisotopic (exact) mass is 340 g/mol. The van der Waals surface area contributed by atoms with E-state index in [0.717, 1.165) is 31.7 Å². The minimum absolute atomic E-state index is 0.0152. The maximum atomic E-state index is 12.2. The van der Waals surface area contributed by atoms with Gasteiger partial charge in [0.1, 0.15) is 0 Å². The van der Waals surface area contributed by atoms with Crippen molar-refractivity contribution in [1.29, 1.82) is 0 Å². The second-order valence-electron chi connectivity index (χ2n) is 6.19. The Morgan fingerprint density at radius 3 is 2.80 bits per heavy atom. The summed E-state index contributed by atoms with van der Waals surface area (Å²) in [4.78, 5) is 14.4. The maximum Gasteiger partial charge on any atom is 0.251 e. The molecule has 6 nitrogen and oxygen atoms in total. The summed E-state index contributed by atoms with van der Waals surface area (Å²) in [6.45, 7) is 5.02. The van der Waals surface area contributed by atoms with Gasteiger partial charge < -0.3 is 15.0 Å². The first-order valence-electron chi connectivity index (χ1n) is 8.81. The van der Waals surface area contributed by atoms with Crippen molar-refractivity contribution in [2.24, 2.45) is 5.92 Å². The van der Waals surface area contributed by atoms with E-state index in [4.69, 9.17) is 4.74 Å². The molecular formula is C19H24N4O2. The van der Waals surface area contributed by atoms with Crippen molar-refractivity contribution in [3.05, 3.63) is 48.0 Å². The lowest BCUT2D eigenvalue weighted by Crippen LogP contribution is -2.41. The molecule has 1 amide bonds. The summed E-state index contributed by atoms with van der Waals surface area (Å²) in [5, 5.41) is 11.4. The third-order valence-corrected chi connectivity index (χ3v) is 4.35. The molecule has 1 fully saturated rings. The summed E-state index contributed by atoms with van der Waals surface area (Å²) >= 11 is 0. The molecule has 0 radical (unpaired) electrons. The minimum Gasteiger partial charge on any atom is -0.477 e. The van der Waals surface area contributed by atoms with Gasteiger partial charge in [-0.3, -0.25) is 4.79 Å². The number of ether oxygens (including phenoxy) is 1. The Bertz CT molecular complexity index is 676. The number of piperidine rings is 1. The number of rotatable bonds is 6. The van der Waals surface area contributed by atoms with Crippen LogP contribution in [-0.4, -0.2) is 42.3 Å². The first kappa shape index (κ1) is 17.2. The van der Waals surface area contributed by atoms with E-state index in [1.165, 1.54) is 0 Å². The lowest BCUT2D eigenvalue weighted by molar-refractivity contribution is 0.0945. The third-order valence-electron chi connectivity index (χ3n) is 4.35. The van der Waals surface area contributed by atoms with Crippen LogP contribution < -0.4 is 15.0 Å². The van der Waals surface area contributed by atoms with E-state index in [-0.39, 0.29) is 5.91 Å². The van der Waals surface area contributed by atoms with Crippen LogP contribution in [0.25, 0.3) is 0 Å². The Labute approximate surface area is 148 Å². The van der Waals surface area contributed by atoms with E-state index in [1.54, 1.807) is 0 Å². The number of carbonyl (C=O) groups excluding carboxylic acids is 1. The summed E-state index contributed by atoms with van der Waals surface area (Å²) < 4.78 is 5.34. The van der Waals surface area contributed by atoms with E-state index in [0.29, 0.717) is 30.5 Å². The van der Waals surface area contributed by atoms with Crippen LogP contribution in [0.3, 0.4) is 0 Å². The normalized spacial score (nSPS) is 17.2. The molecule has 2 heterocycles. The molecule has 0 bridgehead atoms. The molecule has 0 aliphatic carbocycles. The topological polar surface area (TPSA) is 67.3 Å². The van der Waals surface area contributed by atoms with Gasteiger partial charge in [-0.15, -0.1) is 10.2 Å². The van der Waals surface area contributed by atoms with E-state index in [9.17, 15) is 4.79 Å². The molecule has 1 aromatic heterocycles. The lowest BCUT2D eigenvalue weighted by atomic mass is 9.98. The van der Waals surface area contributed by atoms with Crippen molar-refractivity contribution in [3.63, 3.8) is 0 Å². The van der Waals surface area contributed by atoms with Crippen molar-refractivity contribution < 1.29 is 9.53 Å². The number of hydrogen-bond acceptors (Lipinski definition) is 5. The fourth-order valence-electron chi connectivity index (χ4n) is 3.07. The quantitative estimate of drug-likeness (QED) is 0.875. The number of carbonyl (C=O) groups is 1. The Balaban J connectivity index is 1.53. The largest absolute Gasteiger partial charge is 0.477 e. The van der Waals surface area contributed by atoms with E-state index in [2.05, 4.69) is 20.4 Å². The summed E-state index contributed by atoms with van der Waals surface area (Å²) in [5.74, 6) is 1.81. The molecule has 0 spiro atoms. The molecule has 25 heavy (non-hydrogen) atoms. The van der Waals surface area contributed by atoms with Gasteiger partial charge in [0.25, 0.3) is 5.91 Å². The minimum atomic E-state index is -0.0152. The Kier molecular flexibility index (Phi) is 5.82. The highest BCUT2D eigenvalue weighted by Gasteiger charge is 2.22. The van der Waals surface area contributed by atoms with Crippen LogP contribution in [0, 0.1) is 5.92 Å². The van der Waals surface area contributed by atoms with Crippen LogP contribution in [0.1, 0.15) is 30.1 Å². The smallest absolute Gasteiger partial charge is 0.251 e. The van der Waals surface area contributed by atoms with Crippen LogP contribution in [0.5, 0.6) is 5.88 Å². The van der Waals surface area contributed by atoms with Gasteiger partial charge in [-0.05, 0) is 43.9 Å². The number of nitrogens with one attached hydrogen (secondary N) is 1. The summed E-state index contributed by atoms with van der Waals surface area (Å²) in [7, 11) is 0. The number of aromatic nitrogens is 2. The fourth-order valence-corrected chi connectivity index (χ4v) is 3.07. The molecule has 1 atom stereocenters. The van der Waals surface area contributed by atoms with Crippen molar-refractivity contribution in [2.75, 3.05) is 31.1 Å². The number of nitrogens with zero attached hydrogens (tertiary/aromatic N) is 3. The maximum absolute atomic E-state index is 12.2. The zero-order valence-corrected chi connectivity index (χ0v) is 14.5. The van der Waals surface area contributed by atoms with Crippen molar-refractivity contribution in [1.82, 2.24) is 15.5 Å². The lowest BCUT2D eigenvalue weighted by Gasteiger charge is -2.33. The standard InChI is InChI=1S/C19H24N4O2/c1-2-25-18-11-10-17(21-22-18)23-12-6-7-15(14-23)13-20-19(24)16-8-4-3-5-9-16/h3-5,8-11,15H,2,6-7,12-14H2,1H3,(H,20,24)/t15-/m1/s1. The van der Waals surface area contributed by atoms with Crippen molar-refractivity contribution in [2.45, 2.75) is 19.8 Å². The molecule has 1 saturated heterocycles. The zero-order chi connectivity index (χ0) is 17.5. The molecular weight excluding hydrogens is 316 g/mol. The zero-order valence-electron chi connectivity index (χ0n) is 14.5. The van der Waals surface area contributed by atoms with Crippen LogP contribution in [0.15, 0.2) is 42.5 Å². The van der Waals surface area contributed by atoms with Gasteiger partial charge in [-0.1, -0.05) is 18.2 Å². The molecule has 0 unspecified atom stereocenters. The third kappa shape index (κ3) is 4.68. The number of hydrogen-bond donors (Lipinski definition) is 1. The van der Waals surface area contributed by atoms with E-state index < -0.39 is 0 Å². The number of anilines is 1. The van der Waals surface area contributed by atoms with Gasteiger partial charge in [0.05, 0.1) is 6.61 Å². The molecule has 1 N–H and O–H groups in total. The summed E-state index contributed by atoms with van der Waals surface area (Å²) in [5.41, 5.74) is 0.701. The molecule has 1 aliphatic rings. The molecule has 132 valence electrons. The van der Waals surface area contributed by atoms with Crippen molar-refractivity contribution >= 4 is 11.7 Å². The van der Waals surface area contributed by atoms with Crippen LogP contribution >= 0.6 is 0 Å². The summed E-state index contributed by atoms with van der Waals surface area (Å²) in [6.07, 6.45) is 2.19. The average molecular weight is 340 g/mol. The molecule has 1 aliphatic heterocycles. The Hall–Kier alpha value is -2.63. The van der Waals surface area contributed by atoms with Crippen LogP contribution in [-0.2, 0) is 0 Å². The van der Waals surface area contributed by atoms with Gasteiger partial charge in [0, 0.05) is 31.3 Å². The van der Waals surface area contributed by atoms with Gasteiger partial charge in [0.2, 0.25) is 5.88 Å². The van der Waals surface area contributed by atoms with E-state index >= 15 is 0 Å². The van der Waals surface area contributed by atoms with E-state index in [1.807, 2.05) is 49.4 Å². The molecule has 6 heteroatoms. The predicted octanol–water partition coefficient (Wildman–Crippen LogP) is 2.52. The molecule has 3 rings (SSSR count). The van der Waals surface area contributed by atoms with Gasteiger partial charge in [-0.2, -0.15) is 0 Å². The highest BCUT2D eigenvalue weighted by Crippen LogP contribution is 2.21. The Morgan fingerprint density at radius 2 is 2.08 bits per heavy atom. The predicted molar refractivity (Wildman–Crippen MR) is 96.9 cm³/mol. The first-order valence-corrected chi connectivity index (χ1v) is 8.81. The van der Waals surface area contributed by atoms with Gasteiger partial charge in [0.15, 0.2) is 5.82 Å². The van der Waals surface area contributed by atoms with Crippen molar-refractivity contribution in [3.8, 4) is 5.88 Å². The van der Waals surface area contributed by atoms with Gasteiger partial charge in [-0.25, -0.2) is 0 Å². The highest BCUT2D eigenvalue weighted by atomic mass is 16.5. The Morgan fingerprint density at radius 1 is 1.24 bits per heavy atom. The van der Waals surface area contributed by atoms with Gasteiger partial charge >= 0.3 is 0 Å². The molecule has 2 aromatic rings. The SMILES string of the molecule is CCOc1ccc(N2CCC[C@H](CNC(=O)c3ccccc3)C2)nn1. The average Bonchev–Trinajstić information content (AvgIpc) is 2.68. The second-order valence-corrected chi connectivity index (χ2v) is 6.19. The summed E-state index contributed by atoms with van der Waals surface area (Å²) in [6, 6.07) is 13.1. The second kappa shape index (κ2) is 8.46. The van der Waals surface area contributed by atoms with Crippen LogP contribution in [0.2, 0.25) is 0 Å². The first-order chi connectivity index (χ1) is 12.3. The number of benzene rings is 1. The molecule has 1 aromatic carbocycles. The highest BCUT2D eigenvalue weighted by molar-refractivity contribution is 5.94. The van der Waals surface area contributed by atoms with Crippen LogP contribution in [0.4, 0.5) is 5.82 Å².